The second kappa shape index (κ2) is 7.86. The van der Waals surface area contributed by atoms with Gasteiger partial charge in [-0.15, -0.1) is 0 Å². The molecule has 0 aliphatic heterocycles. The van der Waals surface area contributed by atoms with Gasteiger partial charge in [-0.1, -0.05) is 12.1 Å². The normalized spacial score (nSPS) is 11.0. The van der Waals surface area contributed by atoms with Gasteiger partial charge in [0, 0.05) is 25.2 Å². The zero-order valence-corrected chi connectivity index (χ0v) is 13.1. The fourth-order valence-electron chi connectivity index (χ4n) is 2.17. The van der Waals surface area contributed by atoms with Crippen molar-refractivity contribution in [2.75, 3.05) is 27.2 Å². The predicted octanol–water partition coefficient (Wildman–Crippen LogP) is 2.82. The van der Waals surface area contributed by atoms with Gasteiger partial charge in [-0.25, -0.2) is 0 Å². The molecule has 2 rings (SSSR count). The molecule has 4 nitrogen and oxygen atoms in total. The third kappa shape index (κ3) is 4.92. The number of furan rings is 1. The molecule has 0 bridgehead atoms. The summed E-state index contributed by atoms with van der Waals surface area (Å²) in [5.74, 6) is 1.91. The minimum absolute atomic E-state index is 0.679. The summed E-state index contributed by atoms with van der Waals surface area (Å²) in [7, 11) is 4.04. The highest BCUT2D eigenvalue weighted by Gasteiger charge is 2.05. The summed E-state index contributed by atoms with van der Waals surface area (Å²) < 4.78 is 11.1. The second-order valence-corrected chi connectivity index (χ2v) is 5.26. The predicted molar refractivity (Wildman–Crippen MR) is 84.5 cm³/mol. The van der Waals surface area contributed by atoms with Gasteiger partial charge in [0.15, 0.2) is 0 Å². The molecule has 0 saturated carbocycles. The lowest BCUT2D eigenvalue weighted by Gasteiger charge is -2.16. The zero-order valence-electron chi connectivity index (χ0n) is 13.1. The van der Waals surface area contributed by atoms with Gasteiger partial charge >= 0.3 is 0 Å². The lowest BCUT2D eigenvalue weighted by atomic mass is 10.2. The van der Waals surface area contributed by atoms with Crippen molar-refractivity contribution in [2.24, 2.45) is 0 Å². The van der Waals surface area contributed by atoms with Crippen LogP contribution in [0.15, 0.2) is 41.0 Å². The van der Waals surface area contributed by atoms with Crippen LogP contribution < -0.4 is 10.1 Å². The number of rotatable bonds is 8. The van der Waals surface area contributed by atoms with E-state index in [1.54, 1.807) is 6.26 Å². The number of aryl methyl sites for hydroxylation is 1. The molecule has 0 unspecified atom stereocenters. The van der Waals surface area contributed by atoms with Gasteiger partial charge in [0.05, 0.1) is 6.26 Å². The fourth-order valence-corrected chi connectivity index (χ4v) is 2.17. The van der Waals surface area contributed by atoms with Crippen LogP contribution in [0, 0.1) is 6.92 Å². The van der Waals surface area contributed by atoms with Gasteiger partial charge in [0.2, 0.25) is 0 Å². The first-order valence-electron chi connectivity index (χ1n) is 7.27. The molecule has 1 heterocycles. The Morgan fingerprint density at radius 1 is 1.19 bits per heavy atom. The molecule has 1 aromatic heterocycles. The van der Waals surface area contributed by atoms with E-state index in [-0.39, 0.29) is 0 Å². The zero-order chi connectivity index (χ0) is 15.1. The maximum absolute atomic E-state index is 5.77. The lowest BCUT2D eigenvalue weighted by molar-refractivity contribution is 0.232. The van der Waals surface area contributed by atoms with Crippen molar-refractivity contribution in [1.29, 1.82) is 0 Å². The Balaban J connectivity index is 1.72. The molecule has 0 saturated heterocycles. The largest absolute Gasteiger partial charge is 0.492 e. The number of likely N-dealkylation sites (N-methyl/N-ethyl adjacent to an activating group) is 1. The molecule has 2 aromatic rings. The Labute approximate surface area is 126 Å². The molecule has 0 amide bonds. The van der Waals surface area contributed by atoms with E-state index in [9.17, 15) is 0 Å². The van der Waals surface area contributed by atoms with Gasteiger partial charge < -0.3 is 14.5 Å². The first kappa shape index (κ1) is 15.6. The van der Waals surface area contributed by atoms with Crippen LogP contribution in [0.5, 0.6) is 5.75 Å². The third-order valence-electron chi connectivity index (χ3n) is 3.45. The quantitative estimate of drug-likeness (QED) is 0.810. The van der Waals surface area contributed by atoms with Crippen LogP contribution in [0.4, 0.5) is 0 Å². The number of hydrogen-bond acceptors (Lipinski definition) is 4. The van der Waals surface area contributed by atoms with Crippen molar-refractivity contribution < 1.29 is 9.15 Å². The Kier molecular flexibility index (Phi) is 5.84. The van der Waals surface area contributed by atoms with Crippen molar-refractivity contribution >= 4 is 0 Å². The molecule has 0 atom stereocenters. The Hall–Kier alpha value is -1.78. The molecule has 0 fully saturated rings. The Morgan fingerprint density at radius 2 is 1.95 bits per heavy atom. The fraction of sp³-hybridized carbons (Fsp3) is 0.412. The monoisotopic (exact) mass is 288 g/mol. The van der Waals surface area contributed by atoms with Gasteiger partial charge in [-0.05, 0) is 44.8 Å². The molecule has 114 valence electrons. The maximum Gasteiger partial charge on any atom is 0.119 e. The summed E-state index contributed by atoms with van der Waals surface area (Å²) >= 11 is 0. The smallest absolute Gasteiger partial charge is 0.119 e. The van der Waals surface area contributed by atoms with Crippen molar-refractivity contribution in [3.8, 4) is 5.75 Å². The number of nitrogens with zero attached hydrogens (tertiary/aromatic N) is 1. The minimum Gasteiger partial charge on any atom is -0.492 e. The molecule has 0 aliphatic carbocycles. The second-order valence-electron chi connectivity index (χ2n) is 5.26. The molecule has 21 heavy (non-hydrogen) atoms. The minimum atomic E-state index is 0.679. The SMILES string of the molecule is CNCc1ccc(OCCN(C)Cc2ccoc2C)cc1. The number of ether oxygens (including phenoxy) is 1. The number of benzene rings is 1. The van der Waals surface area contributed by atoms with E-state index in [2.05, 4.69) is 29.4 Å². The van der Waals surface area contributed by atoms with E-state index >= 15 is 0 Å². The maximum atomic E-state index is 5.77. The van der Waals surface area contributed by atoms with Crippen LogP contribution >= 0.6 is 0 Å². The van der Waals surface area contributed by atoms with E-state index in [0.717, 1.165) is 31.1 Å². The average Bonchev–Trinajstić information content (AvgIpc) is 2.86. The average molecular weight is 288 g/mol. The summed E-state index contributed by atoms with van der Waals surface area (Å²) in [5, 5.41) is 3.13. The highest BCUT2D eigenvalue weighted by atomic mass is 16.5. The first-order chi connectivity index (χ1) is 10.2. The highest BCUT2D eigenvalue weighted by molar-refractivity contribution is 5.27. The van der Waals surface area contributed by atoms with Gasteiger partial charge in [-0.2, -0.15) is 0 Å². The summed E-state index contributed by atoms with van der Waals surface area (Å²) in [6.07, 6.45) is 1.74. The highest BCUT2D eigenvalue weighted by Crippen LogP contribution is 2.13. The van der Waals surface area contributed by atoms with Crippen LogP contribution in [0.1, 0.15) is 16.9 Å². The number of nitrogens with one attached hydrogen (secondary N) is 1. The van der Waals surface area contributed by atoms with E-state index in [1.807, 2.05) is 32.2 Å². The van der Waals surface area contributed by atoms with Crippen molar-refractivity contribution in [3.63, 3.8) is 0 Å². The van der Waals surface area contributed by atoms with E-state index in [4.69, 9.17) is 9.15 Å². The van der Waals surface area contributed by atoms with Crippen LogP contribution in [-0.2, 0) is 13.1 Å². The molecule has 0 aliphatic rings. The topological polar surface area (TPSA) is 37.6 Å². The van der Waals surface area contributed by atoms with Gasteiger partial charge in [0.25, 0.3) is 0 Å². The van der Waals surface area contributed by atoms with E-state index in [1.165, 1.54) is 11.1 Å². The van der Waals surface area contributed by atoms with Crippen LogP contribution in [-0.4, -0.2) is 32.1 Å². The molecule has 0 radical (unpaired) electrons. The summed E-state index contributed by atoms with van der Waals surface area (Å²) in [6.45, 7) is 5.31. The number of hydrogen-bond donors (Lipinski definition) is 1. The third-order valence-corrected chi connectivity index (χ3v) is 3.45. The Morgan fingerprint density at radius 3 is 2.57 bits per heavy atom. The Bertz CT molecular complexity index is 534. The van der Waals surface area contributed by atoms with Crippen LogP contribution in [0.2, 0.25) is 0 Å². The molecular weight excluding hydrogens is 264 g/mol. The summed E-state index contributed by atoms with van der Waals surface area (Å²) in [6, 6.07) is 10.2. The van der Waals surface area contributed by atoms with Gasteiger partial charge in [-0.3, -0.25) is 4.90 Å². The van der Waals surface area contributed by atoms with Crippen molar-refractivity contribution in [1.82, 2.24) is 10.2 Å². The van der Waals surface area contributed by atoms with Gasteiger partial charge in [0.1, 0.15) is 18.1 Å². The lowest BCUT2D eigenvalue weighted by Crippen LogP contribution is -2.24. The van der Waals surface area contributed by atoms with E-state index in [0.29, 0.717) is 6.61 Å². The molecule has 1 aromatic carbocycles. The summed E-state index contributed by atoms with van der Waals surface area (Å²) in [5.41, 5.74) is 2.49. The van der Waals surface area contributed by atoms with Crippen molar-refractivity contribution in [2.45, 2.75) is 20.0 Å². The molecule has 1 N–H and O–H groups in total. The van der Waals surface area contributed by atoms with E-state index < -0.39 is 0 Å². The molecule has 0 spiro atoms. The molecule has 4 heteroatoms. The first-order valence-corrected chi connectivity index (χ1v) is 7.27. The van der Waals surface area contributed by atoms with Crippen LogP contribution in [0.25, 0.3) is 0 Å². The van der Waals surface area contributed by atoms with Crippen molar-refractivity contribution in [3.05, 3.63) is 53.5 Å². The molecular formula is C17H24N2O2. The van der Waals surface area contributed by atoms with Crippen LogP contribution in [0.3, 0.4) is 0 Å². The standard InChI is InChI=1S/C17H24N2O2/c1-14-16(8-10-20-14)13-19(3)9-11-21-17-6-4-15(5-7-17)12-18-2/h4-8,10,18H,9,11-13H2,1-3H3. The summed E-state index contributed by atoms with van der Waals surface area (Å²) in [4.78, 5) is 2.23.